The van der Waals surface area contributed by atoms with E-state index in [2.05, 4.69) is 10.3 Å². The maximum Gasteiger partial charge on any atom is 0.417 e. The van der Waals surface area contributed by atoms with Crippen molar-refractivity contribution in [2.24, 2.45) is 0 Å². The number of hydrogen-bond donors (Lipinski definition) is 1. The molecule has 0 spiro atoms. The van der Waals surface area contributed by atoms with Gasteiger partial charge in [-0.2, -0.15) is 13.2 Å². The minimum atomic E-state index is -4.44. The lowest BCUT2D eigenvalue weighted by Gasteiger charge is -2.26. The Labute approximate surface area is 147 Å². The van der Waals surface area contributed by atoms with Gasteiger partial charge in [-0.15, -0.1) is 0 Å². The Balaban J connectivity index is 1.58. The number of pyridine rings is 1. The molecule has 0 aliphatic carbocycles. The fourth-order valence-electron chi connectivity index (χ4n) is 2.32. The van der Waals surface area contributed by atoms with Gasteiger partial charge in [-0.3, -0.25) is 0 Å². The van der Waals surface area contributed by atoms with Crippen LogP contribution in [0.15, 0.2) is 42.6 Å². The summed E-state index contributed by atoms with van der Waals surface area (Å²) in [7, 11) is 0. The standard InChI is InChI=1S/C17H16F3N3O3/c18-17(19,20)12-1-6-15(22-11-12)25-13-2-4-14(5-3-13)26-16(24)23-9-7-21-8-10-23/h1-6,11,21H,7-10H2. The topological polar surface area (TPSA) is 63.7 Å². The van der Waals surface area contributed by atoms with Gasteiger partial charge in [0, 0.05) is 38.4 Å². The number of carbonyl (C=O) groups is 1. The van der Waals surface area contributed by atoms with Crippen molar-refractivity contribution in [1.82, 2.24) is 15.2 Å². The molecule has 1 aliphatic heterocycles. The van der Waals surface area contributed by atoms with E-state index >= 15 is 0 Å². The number of ether oxygens (including phenoxy) is 2. The van der Waals surface area contributed by atoms with Crippen LogP contribution in [0.4, 0.5) is 18.0 Å². The Kier molecular flexibility index (Phi) is 5.27. The van der Waals surface area contributed by atoms with Crippen LogP contribution in [-0.4, -0.2) is 42.2 Å². The molecule has 2 aromatic rings. The van der Waals surface area contributed by atoms with E-state index in [1.807, 2.05) is 0 Å². The lowest BCUT2D eigenvalue weighted by Crippen LogP contribution is -2.47. The van der Waals surface area contributed by atoms with E-state index in [1.54, 1.807) is 29.2 Å². The van der Waals surface area contributed by atoms with Crippen LogP contribution in [0.2, 0.25) is 0 Å². The molecule has 1 aliphatic rings. The molecule has 1 N–H and O–H groups in total. The summed E-state index contributed by atoms with van der Waals surface area (Å²) >= 11 is 0. The van der Waals surface area contributed by atoms with Crippen LogP contribution >= 0.6 is 0 Å². The summed E-state index contributed by atoms with van der Waals surface area (Å²) in [4.78, 5) is 17.2. The highest BCUT2D eigenvalue weighted by Crippen LogP contribution is 2.30. The van der Waals surface area contributed by atoms with E-state index in [0.29, 0.717) is 30.8 Å². The van der Waals surface area contributed by atoms with Crippen LogP contribution in [0.5, 0.6) is 17.4 Å². The summed E-state index contributed by atoms with van der Waals surface area (Å²) in [5.41, 5.74) is -0.847. The van der Waals surface area contributed by atoms with E-state index in [0.717, 1.165) is 25.2 Å². The number of rotatable bonds is 3. The molecule has 0 radical (unpaired) electrons. The fraction of sp³-hybridized carbons (Fsp3) is 0.294. The highest BCUT2D eigenvalue weighted by atomic mass is 19.4. The van der Waals surface area contributed by atoms with Gasteiger partial charge in [0.1, 0.15) is 11.5 Å². The predicted octanol–water partition coefficient (Wildman–Crippen LogP) is 3.30. The van der Waals surface area contributed by atoms with Crippen LogP contribution in [0.3, 0.4) is 0 Å². The maximum atomic E-state index is 12.5. The maximum absolute atomic E-state index is 12.5. The molecule has 0 bridgehead atoms. The molecule has 138 valence electrons. The van der Waals surface area contributed by atoms with Gasteiger partial charge in [-0.1, -0.05) is 0 Å². The second kappa shape index (κ2) is 7.61. The number of piperazine rings is 1. The number of carbonyl (C=O) groups excluding carboxylic acids is 1. The third-order valence-corrected chi connectivity index (χ3v) is 3.69. The molecule has 1 aromatic carbocycles. The van der Waals surface area contributed by atoms with Crippen LogP contribution in [-0.2, 0) is 6.18 Å². The third-order valence-electron chi connectivity index (χ3n) is 3.69. The fourth-order valence-corrected chi connectivity index (χ4v) is 2.32. The summed E-state index contributed by atoms with van der Waals surface area (Å²) < 4.78 is 48.2. The van der Waals surface area contributed by atoms with E-state index in [9.17, 15) is 18.0 Å². The first-order valence-electron chi connectivity index (χ1n) is 7.90. The highest BCUT2D eigenvalue weighted by molar-refractivity contribution is 5.70. The first-order chi connectivity index (χ1) is 12.4. The lowest BCUT2D eigenvalue weighted by molar-refractivity contribution is -0.137. The molecule has 9 heteroatoms. The minimum absolute atomic E-state index is 0.0311. The van der Waals surface area contributed by atoms with Gasteiger partial charge in [0.2, 0.25) is 5.88 Å². The number of amides is 1. The zero-order valence-electron chi connectivity index (χ0n) is 13.6. The SMILES string of the molecule is O=C(Oc1ccc(Oc2ccc(C(F)(F)F)cn2)cc1)N1CCNCC1. The van der Waals surface area contributed by atoms with Gasteiger partial charge in [-0.25, -0.2) is 9.78 Å². The van der Waals surface area contributed by atoms with E-state index < -0.39 is 17.8 Å². The summed E-state index contributed by atoms with van der Waals surface area (Å²) in [5.74, 6) is 0.740. The largest absolute Gasteiger partial charge is 0.439 e. The second-order valence-electron chi connectivity index (χ2n) is 5.56. The quantitative estimate of drug-likeness (QED) is 0.902. The number of benzene rings is 1. The molecule has 0 atom stereocenters. The van der Waals surface area contributed by atoms with Gasteiger partial charge in [-0.05, 0) is 30.3 Å². The zero-order valence-corrected chi connectivity index (χ0v) is 13.6. The van der Waals surface area contributed by atoms with E-state index in [4.69, 9.17) is 9.47 Å². The number of aromatic nitrogens is 1. The van der Waals surface area contributed by atoms with Gasteiger partial charge < -0.3 is 19.7 Å². The van der Waals surface area contributed by atoms with Crippen molar-refractivity contribution in [1.29, 1.82) is 0 Å². The van der Waals surface area contributed by atoms with Gasteiger partial charge in [0.15, 0.2) is 0 Å². The van der Waals surface area contributed by atoms with Crippen LogP contribution < -0.4 is 14.8 Å². The van der Waals surface area contributed by atoms with Crippen molar-refractivity contribution in [2.45, 2.75) is 6.18 Å². The van der Waals surface area contributed by atoms with E-state index in [-0.39, 0.29) is 5.88 Å². The molecule has 26 heavy (non-hydrogen) atoms. The van der Waals surface area contributed by atoms with Crippen molar-refractivity contribution >= 4 is 6.09 Å². The molecule has 1 saturated heterocycles. The Morgan fingerprint density at radius 1 is 1.04 bits per heavy atom. The zero-order chi connectivity index (χ0) is 18.6. The van der Waals surface area contributed by atoms with Crippen LogP contribution in [0.1, 0.15) is 5.56 Å². The van der Waals surface area contributed by atoms with Crippen LogP contribution in [0.25, 0.3) is 0 Å². The summed E-state index contributed by atoms with van der Waals surface area (Å²) in [6.07, 6.45) is -4.16. The molecule has 0 unspecified atom stereocenters. The minimum Gasteiger partial charge on any atom is -0.439 e. The first-order valence-corrected chi connectivity index (χ1v) is 7.90. The first kappa shape index (κ1) is 18.0. The van der Waals surface area contributed by atoms with Crippen molar-refractivity contribution in [2.75, 3.05) is 26.2 Å². The molecular weight excluding hydrogens is 351 g/mol. The Morgan fingerprint density at radius 2 is 1.69 bits per heavy atom. The van der Waals surface area contributed by atoms with Gasteiger partial charge in [0.25, 0.3) is 0 Å². The number of halogens is 3. The molecule has 6 nitrogen and oxygen atoms in total. The lowest BCUT2D eigenvalue weighted by atomic mass is 10.3. The van der Waals surface area contributed by atoms with E-state index in [1.165, 1.54) is 0 Å². The highest BCUT2D eigenvalue weighted by Gasteiger charge is 2.30. The molecule has 1 amide bonds. The Bertz CT molecular complexity index is 743. The average Bonchev–Trinajstić information content (AvgIpc) is 2.64. The molecule has 1 aromatic heterocycles. The molecule has 3 rings (SSSR count). The van der Waals surface area contributed by atoms with Crippen molar-refractivity contribution in [3.05, 3.63) is 48.2 Å². The summed E-state index contributed by atoms with van der Waals surface area (Å²) in [6, 6.07) is 8.20. The van der Waals surface area contributed by atoms with Crippen molar-refractivity contribution in [3.8, 4) is 17.4 Å². The number of nitrogens with one attached hydrogen (secondary N) is 1. The Morgan fingerprint density at radius 3 is 2.27 bits per heavy atom. The monoisotopic (exact) mass is 367 g/mol. The third kappa shape index (κ3) is 4.63. The summed E-state index contributed by atoms with van der Waals surface area (Å²) in [6.45, 7) is 2.61. The molecule has 2 heterocycles. The van der Waals surface area contributed by atoms with Crippen molar-refractivity contribution in [3.63, 3.8) is 0 Å². The summed E-state index contributed by atoms with van der Waals surface area (Å²) in [5, 5.41) is 3.14. The smallest absolute Gasteiger partial charge is 0.417 e. The molecule has 0 saturated carbocycles. The predicted molar refractivity (Wildman–Crippen MR) is 86.2 cm³/mol. The second-order valence-corrected chi connectivity index (χ2v) is 5.56. The number of alkyl halides is 3. The number of hydrogen-bond acceptors (Lipinski definition) is 5. The number of nitrogens with zero attached hydrogens (tertiary/aromatic N) is 2. The van der Waals surface area contributed by atoms with Crippen LogP contribution in [0, 0.1) is 0 Å². The average molecular weight is 367 g/mol. The van der Waals surface area contributed by atoms with Gasteiger partial charge >= 0.3 is 12.3 Å². The normalized spacial score (nSPS) is 14.8. The van der Waals surface area contributed by atoms with Crippen molar-refractivity contribution < 1.29 is 27.4 Å². The Hall–Kier alpha value is -2.81. The molecular formula is C17H16F3N3O3. The van der Waals surface area contributed by atoms with Gasteiger partial charge in [0.05, 0.1) is 5.56 Å². The molecule has 1 fully saturated rings.